The molecular formula is C9H16N2O. The number of rotatable bonds is 3. The Bertz CT molecular complexity index is 187. The molecule has 1 aliphatic carbocycles. The summed E-state index contributed by atoms with van der Waals surface area (Å²) in [5.41, 5.74) is -0.345. The molecule has 0 saturated heterocycles. The largest absolute Gasteiger partial charge is 0.395 e. The lowest BCUT2D eigenvalue weighted by atomic mass is 9.98. The van der Waals surface area contributed by atoms with E-state index in [1.165, 1.54) is 0 Å². The lowest BCUT2D eigenvalue weighted by Gasteiger charge is -2.21. The highest BCUT2D eigenvalue weighted by Gasteiger charge is 2.36. The maximum Gasteiger partial charge on any atom is 0.107 e. The van der Waals surface area contributed by atoms with Crippen LogP contribution in [0.15, 0.2) is 0 Å². The molecule has 0 spiro atoms. The van der Waals surface area contributed by atoms with Crippen LogP contribution in [0.5, 0.6) is 0 Å². The molecule has 1 fully saturated rings. The number of β-amino-alcohol motifs (C(OH)–C–C–N with tert-alkyl or cyclic N) is 1. The summed E-state index contributed by atoms with van der Waals surface area (Å²) in [4.78, 5) is 0. The summed E-state index contributed by atoms with van der Waals surface area (Å²) in [6.07, 6.45) is 2.96. The van der Waals surface area contributed by atoms with Gasteiger partial charge >= 0.3 is 0 Å². The lowest BCUT2D eigenvalue weighted by Crippen LogP contribution is -2.42. The highest BCUT2D eigenvalue weighted by molar-refractivity contribution is 5.10. The van der Waals surface area contributed by atoms with E-state index < -0.39 is 0 Å². The zero-order valence-corrected chi connectivity index (χ0v) is 7.51. The molecule has 12 heavy (non-hydrogen) atoms. The van der Waals surface area contributed by atoms with E-state index in [1.54, 1.807) is 0 Å². The Morgan fingerprint density at radius 2 is 2.50 bits per heavy atom. The number of nitrogens with one attached hydrogen (secondary N) is 1. The average molecular weight is 168 g/mol. The van der Waals surface area contributed by atoms with Gasteiger partial charge in [0.1, 0.15) is 5.54 Å². The summed E-state index contributed by atoms with van der Waals surface area (Å²) in [5.74, 6) is 0.635. The van der Waals surface area contributed by atoms with Crippen molar-refractivity contribution in [2.75, 3.05) is 13.2 Å². The number of hydrogen-bond donors (Lipinski definition) is 2. The van der Waals surface area contributed by atoms with E-state index in [2.05, 4.69) is 18.3 Å². The number of aliphatic hydroxyl groups is 1. The van der Waals surface area contributed by atoms with E-state index in [9.17, 15) is 0 Å². The molecule has 2 N–H and O–H groups in total. The van der Waals surface area contributed by atoms with Crippen molar-refractivity contribution in [1.82, 2.24) is 5.32 Å². The second kappa shape index (κ2) is 3.88. The summed E-state index contributed by atoms with van der Waals surface area (Å²) in [7, 11) is 0. The van der Waals surface area contributed by atoms with Gasteiger partial charge in [-0.05, 0) is 25.2 Å². The Morgan fingerprint density at radius 3 is 2.92 bits per heavy atom. The SMILES string of the molecule is CC1CCC(C#N)(NCCO)C1. The highest BCUT2D eigenvalue weighted by atomic mass is 16.3. The first-order valence-corrected chi connectivity index (χ1v) is 4.49. The smallest absolute Gasteiger partial charge is 0.107 e. The van der Waals surface area contributed by atoms with Crippen LogP contribution in [0, 0.1) is 17.2 Å². The Balaban J connectivity index is 2.48. The molecule has 2 unspecified atom stereocenters. The van der Waals surface area contributed by atoms with Crippen LogP contribution in [-0.2, 0) is 0 Å². The van der Waals surface area contributed by atoms with Crippen molar-refractivity contribution in [3.05, 3.63) is 0 Å². The van der Waals surface area contributed by atoms with Gasteiger partial charge in [0.25, 0.3) is 0 Å². The van der Waals surface area contributed by atoms with Gasteiger partial charge in [0, 0.05) is 6.54 Å². The number of aliphatic hydroxyl groups excluding tert-OH is 1. The van der Waals surface area contributed by atoms with Crippen molar-refractivity contribution >= 4 is 0 Å². The Morgan fingerprint density at radius 1 is 1.75 bits per heavy atom. The molecule has 1 rings (SSSR count). The predicted molar refractivity (Wildman–Crippen MR) is 46.4 cm³/mol. The van der Waals surface area contributed by atoms with Gasteiger partial charge in [-0.25, -0.2) is 0 Å². The van der Waals surface area contributed by atoms with Crippen molar-refractivity contribution in [1.29, 1.82) is 5.26 Å². The Labute approximate surface area is 73.4 Å². The Hall–Kier alpha value is -0.590. The van der Waals surface area contributed by atoms with Crippen LogP contribution in [0.1, 0.15) is 26.2 Å². The number of nitriles is 1. The molecule has 0 aromatic rings. The molecule has 0 aliphatic heterocycles. The van der Waals surface area contributed by atoms with Crippen LogP contribution in [0.4, 0.5) is 0 Å². The maximum atomic E-state index is 8.97. The first kappa shape index (κ1) is 9.50. The highest BCUT2D eigenvalue weighted by Crippen LogP contribution is 2.33. The third-order valence-electron chi connectivity index (χ3n) is 2.55. The molecule has 0 radical (unpaired) electrons. The minimum absolute atomic E-state index is 0.109. The quantitative estimate of drug-likeness (QED) is 0.650. The van der Waals surface area contributed by atoms with Crippen molar-refractivity contribution in [3.63, 3.8) is 0 Å². The van der Waals surface area contributed by atoms with Crippen LogP contribution < -0.4 is 5.32 Å². The average Bonchev–Trinajstić information content (AvgIpc) is 2.45. The molecule has 1 aliphatic rings. The van der Waals surface area contributed by atoms with E-state index in [1.807, 2.05) is 0 Å². The van der Waals surface area contributed by atoms with Gasteiger partial charge in [-0.15, -0.1) is 0 Å². The number of nitrogens with zero attached hydrogens (tertiary/aromatic N) is 1. The van der Waals surface area contributed by atoms with E-state index in [-0.39, 0.29) is 12.1 Å². The van der Waals surface area contributed by atoms with Gasteiger partial charge in [0.15, 0.2) is 0 Å². The monoisotopic (exact) mass is 168 g/mol. The van der Waals surface area contributed by atoms with Gasteiger partial charge in [0.05, 0.1) is 12.7 Å². The van der Waals surface area contributed by atoms with Crippen molar-refractivity contribution in [3.8, 4) is 6.07 Å². The van der Waals surface area contributed by atoms with Crippen LogP contribution in [0.2, 0.25) is 0 Å². The molecule has 1 saturated carbocycles. The van der Waals surface area contributed by atoms with Crippen LogP contribution >= 0.6 is 0 Å². The van der Waals surface area contributed by atoms with E-state index in [0.29, 0.717) is 12.5 Å². The summed E-state index contributed by atoms with van der Waals surface area (Å²) in [6, 6.07) is 2.32. The van der Waals surface area contributed by atoms with Crippen molar-refractivity contribution < 1.29 is 5.11 Å². The zero-order valence-electron chi connectivity index (χ0n) is 7.51. The zero-order chi connectivity index (χ0) is 9.03. The molecule has 0 bridgehead atoms. The third kappa shape index (κ3) is 1.96. The summed E-state index contributed by atoms with van der Waals surface area (Å²) >= 11 is 0. The van der Waals surface area contributed by atoms with Gasteiger partial charge in [0.2, 0.25) is 0 Å². The molecule has 68 valence electrons. The summed E-state index contributed by atoms with van der Waals surface area (Å²) < 4.78 is 0. The fourth-order valence-electron chi connectivity index (χ4n) is 1.89. The molecule has 0 heterocycles. The molecule has 3 heteroatoms. The fraction of sp³-hybridized carbons (Fsp3) is 0.889. The molecule has 0 aromatic carbocycles. The molecule has 0 aromatic heterocycles. The van der Waals surface area contributed by atoms with Gasteiger partial charge in [-0.3, -0.25) is 5.32 Å². The molecule has 3 nitrogen and oxygen atoms in total. The molecule has 2 atom stereocenters. The van der Waals surface area contributed by atoms with E-state index in [4.69, 9.17) is 10.4 Å². The van der Waals surface area contributed by atoms with Crippen molar-refractivity contribution in [2.24, 2.45) is 5.92 Å². The van der Waals surface area contributed by atoms with Crippen LogP contribution in [0.25, 0.3) is 0 Å². The normalized spacial score (nSPS) is 34.9. The topological polar surface area (TPSA) is 56.0 Å². The van der Waals surface area contributed by atoms with Gasteiger partial charge in [-0.2, -0.15) is 5.26 Å². The van der Waals surface area contributed by atoms with E-state index in [0.717, 1.165) is 19.3 Å². The minimum Gasteiger partial charge on any atom is -0.395 e. The predicted octanol–water partition coefficient (Wildman–Crippen LogP) is 0.651. The Kier molecular flexibility index (Phi) is 3.07. The first-order chi connectivity index (χ1) is 5.72. The molecule has 0 amide bonds. The van der Waals surface area contributed by atoms with Crippen molar-refractivity contribution in [2.45, 2.75) is 31.7 Å². The summed E-state index contributed by atoms with van der Waals surface area (Å²) in [5, 5.41) is 20.7. The first-order valence-electron chi connectivity index (χ1n) is 4.49. The lowest BCUT2D eigenvalue weighted by molar-refractivity contribution is 0.271. The third-order valence-corrected chi connectivity index (χ3v) is 2.55. The van der Waals surface area contributed by atoms with Crippen LogP contribution in [-0.4, -0.2) is 23.8 Å². The molecular weight excluding hydrogens is 152 g/mol. The maximum absolute atomic E-state index is 8.97. The number of hydrogen-bond acceptors (Lipinski definition) is 3. The van der Waals surface area contributed by atoms with Gasteiger partial charge < -0.3 is 5.11 Å². The standard InChI is InChI=1S/C9H16N2O/c1-8-2-3-9(6-8,7-10)11-4-5-12/h8,11-12H,2-6H2,1H3. The fourth-order valence-corrected chi connectivity index (χ4v) is 1.89. The minimum atomic E-state index is -0.345. The van der Waals surface area contributed by atoms with Gasteiger partial charge in [-0.1, -0.05) is 6.92 Å². The summed E-state index contributed by atoms with van der Waals surface area (Å²) in [6.45, 7) is 2.80. The second-order valence-corrected chi connectivity index (χ2v) is 3.69. The second-order valence-electron chi connectivity index (χ2n) is 3.69. The van der Waals surface area contributed by atoms with Crippen LogP contribution in [0.3, 0.4) is 0 Å². The van der Waals surface area contributed by atoms with E-state index >= 15 is 0 Å².